The minimum atomic E-state index is -3.77. The van der Waals surface area contributed by atoms with Gasteiger partial charge in [-0.3, -0.25) is 19.1 Å². The number of benzene rings is 3. The zero-order valence-electron chi connectivity index (χ0n) is 18.5. The van der Waals surface area contributed by atoms with Gasteiger partial charge in [0.1, 0.15) is 11.7 Å². The molecule has 0 spiro atoms. The highest BCUT2D eigenvalue weighted by atomic mass is 32.2. The lowest BCUT2D eigenvalue weighted by Gasteiger charge is -2.10. The lowest BCUT2D eigenvalue weighted by Crippen LogP contribution is -2.29. The van der Waals surface area contributed by atoms with E-state index in [1.807, 2.05) is 47.9 Å². The second kappa shape index (κ2) is 8.75. The fourth-order valence-corrected chi connectivity index (χ4v) is 5.16. The minimum absolute atomic E-state index is 0.0626. The summed E-state index contributed by atoms with van der Waals surface area (Å²) in [5, 5.41) is 2.79. The Bertz CT molecular complexity index is 1520. The zero-order valence-corrected chi connectivity index (χ0v) is 19.3. The van der Waals surface area contributed by atoms with Crippen LogP contribution < -0.4 is 10.0 Å². The maximum Gasteiger partial charge on any atom is 0.262 e. The van der Waals surface area contributed by atoms with Gasteiger partial charge in [0, 0.05) is 29.9 Å². The van der Waals surface area contributed by atoms with E-state index in [4.69, 9.17) is 0 Å². The number of imidazole rings is 1. The van der Waals surface area contributed by atoms with Crippen molar-refractivity contribution in [3.05, 3.63) is 84.2 Å². The highest BCUT2D eigenvalue weighted by Crippen LogP contribution is 2.23. The number of hydrogen-bond donors (Lipinski definition) is 2. The second-order valence-electron chi connectivity index (χ2n) is 8.05. The smallest absolute Gasteiger partial charge is 0.262 e. The maximum atomic E-state index is 12.9. The predicted molar refractivity (Wildman–Crippen MR) is 132 cm³/mol. The highest BCUT2D eigenvalue weighted by molar-refractivity contribution is 7.90. The molecule has 0 fully saturated rings. The third-order valence-corrected chi connectivity index (χ3v) is 7.01. The molecule has 0 saturated carbocycles. The quantitative estimate of drug-likeness (QED) is 0.456. The van der Waals surface area contributed by atoms with Gasteiger partial charge in [-0.05, 0) is 61.9 Å². The van der Waals surface area contributed by atoms with Crippen LogP contribution >= 0.6 is 0 Å². The SMILES string of the molecule is Cc1nc2cc(C(=O)Nc3cccc(S(=O)(=O)NC4=NCCC4)c3)ccc2n1-c1ccccc1. The molecule has 1 aliphatic heterocycles. The third kappa shape index (κ3) is 4.29. The van der Waals surface area contributed by atoms with E-state index in [1.54, 1.807) is 24.3 Å². The molecule has 0 atom stereocenters. The summed E-state index contributed by atoms with van der Waals surface area (Å²) in [7, 11) is -3.77. The fourth-order valence-electron chi connectivity index (χ4n) is 4.03. The maximum absolute atomic E-state index is 12.9. The van der Waals surface area contributed by atoms with E-state index in [0.717, 1.165) is 23.4 Å². The molecule has 2 N–H and O–H groups in total. The van der Waals surface area contributed by atoms with Crippen molar-refractivity contribution in [3.8, 4) is 5.69 Å². The van der Waals surface area contributed by atoms with Crippen molar-refractivity contribution < 1.29 is 13.2 Å². The van der Waals surface area contributed by atoms with E-state index < -0.39 is 10.0 Å². The first-order chi connectivity index (χ1) is 16.4. The van der Waals surface area contributed by atoms with Gasteiger partial charge in [-0.2, -0.15) is 0 Å². The van der Waals surface area contributed by atoms with E-state index in [1.165, 1.54) is 12.1 Å². The molecule has 0 saturated heterocycles. The molecule has 1 aromatic heterocycles. The van der Waals surface area contributed by atoms with Crippen molar-refractivity contribution in [1.29, 1.82) is 0 Å². The highest BCUT2D eigenvalue weighted by Gasteiger charge is 2.19. The molecule has 1 aliphatic rings. The molecule has 0 bridgehead atoms. The van der Waals surface area contributed by atoms with Crippen LogP contribution in [0.25, 0.3) is 16.7 Å². The normalized spacial score (nSPS) is 13.6. The van der Waals surface area contributed by atoms with E-state index in [0.29, 0.717) is 35.6 Å². The molecule has 4 aromatic rings. The summed E-state index contributed by atoms with van der Waals surface area (Å²) in [4.78, 5) is 21.8. The van der Waals surface area contributed by atoms with Gasteiger partial charge in [0.2, 0.25) is 0 Å². The number of sulfonamides is 1. The largest absolute Gasteiger partial charge is 0.322 e. The van der Waals surface area contributed by atoms with E-state index in [9.17, 15) is 13.2 Å². The van der Waals surface area contributed by atoms with Gasteiger partial charge >= 0.3 is 0 Å². The molecule has 172 valence electrons. The summed E-state index contributed by atoms with van der Waals surface area (Å²) >= 11 is 0. The molecular weight excluding hydrogens is 450 g/mol. The first-order valence-corrected chi connectivity index (χ1v) is 12.4. The number of aromatic nitrogens is 2. The Morgan fingerprint density at radius 2 is 1.82 bits per heavy atom. The number of carbonyl (C=O) groups is 1. The monoisotopic (exact) mass is 473 g/mol. The van der Waals surface area contributed by atoms with Crippen LogP contribution in [0.5, 0.6) is 0 Å². The van der Waals surface area contributed by atoms with E-state index in [2.05, 4.69) is 20.0 Å². The van der Waals surface area contributed by atoms with Crippen LogP contribution in [0.4, 0.5) is 5.69 Å². The van der Waals surface area contributed by atoms with Crippen LogP contribution in [0.3, 0.4) is 0 Å². The molecule has 34 heavy (non-hydrogen) atoms. The molecule has 5 rings (SSSR count). The number of anilines is 1. The summed E-state index contributed by atoms with van der Waals surface area (Å²) < 4.78 is 29.9. The van der Waals surface area contributed by atoms with Gasteiger partial charge in [0.05, 0.1) is 15.9 Å². The second-order valence-corrected chi connectivity index (χ2v) is 9.74. The Labute approximate surface area is 197 Å². The first kappa shape index (κ1) is 21.8. The number of amides is 1. The van der Waals surface area contributed by atoms with Gasteiger partial charge in [0.25, 0.3) is 15.9 Å². The first-order valence-electron chi connectivity index (χ1n) is 10.9. The number of amidine groups is 1. The molecule has 0 radical (unpaired) electrons. The van der Waals surface area contributed by atoms with Crippen molar-refractivity contribution in [1.82, 2.24) is 14.3 Å². The average molecular weight is 474 g/mol. The Balaban J connectivity index is 1.38. The molecule has 2 heterocycles. The van der Waals surface area contributed by atoms with Crippen LogP contribution in [0.15, 0.2) is 82.7 Å². The van der Waals surface area contributed by atoms with Gasteiger partial charge in [0.15, 0.2) is 0 Å². The molecule has 8 nitrogen and oxygen atoms in total. The third-order valence-electron chi connectivity index (χ3n) is 5.63. The van der Waals surface area contributed by atoms with Crippen molar-refractivity contribution in [2.45, 2.75) is 24.7 Å². The summed E-state index contributed by atoms with van der Waals surface area (Å²) in [5.41, 5.74) is 3.40. The Morgan fingerprint density at radius 1 is 1.00 bits per heavy atom. The number of para-hydroxylation sites is 1. The summed E-state index contributed by atoms with van der Waals surface area (Å²) in [6, 6.07) is 21.4. The predicted octanol–water partition coefficient (Wildman–Crippen LogP) is 4.06. The number of carbonyl (C=O) groups excluding carboxylic acids is 1. The molecule has 1 amide bonds. The summed E-state index contributed by atoms with van der Waals surface area (Å²) in [5.74, 6) is 0.931. The van der Waals surface area contributed by atoms with Crippen molar-refractivity contribution in [3.63, 3.8) is 0 Å². The zero-order chi connectivity index (χ0) is 23.7. The number of hydrogen-bond acceptors (Lipinski definition) is 5. The van der Waals surface area contributed by atoms with Crippen molar-refractivity contribution in [2.24, 2.45) is 4.99 Å². The molecule has 3 aromatic carbocycles. The minimum Gasteiger partial charge on any atom is -0.322 e. The Kier molecular flexibility index (Phi) is 5.62. The van der Waals surface area contributed by atoms with Gasteiger partial charge < -0.3 is 5.32 Å². The van der Waals surface area contributed by atoms with Crippen LogP contribution in [0.2, 0.25) is 0 Å². The van der Waals surface area contributed by atoms with Crippen LogP contribution in [0.1, 0.15) is 29.0 Å². The van der Waals surface area contributed by atoms with Gasteiger partial charge in [-0.1, -0.05) is 24.3 Å². The topological polar surface area (TPSA) is 105 Å². The van der Waals surface area contributed by atoms with Crippen LogP contribution in [0, 0.1) is 6.92 Å². The number of aliphatic imine (C=N–C) groups is 1. The number of aryl methyl sites for hydroxylation is 1. The standard InChI is InChI=1S/C25H23N5O3S/c1-17-27-22-15-18(12-13-23(22)30(17)20-8-3-2-4-9-20)25(31)28-19-7-5-10-21(16-19)34(32,33)29-24-11-6-14-26-24/h2-5,7-10,12-13,15-16H,6,11,14H2,1H3,(H,26,29)(H,28,31). The molecule has 9 heteroatoms. The lowest BCUT2D eigenvalue weighted by atomic mass is 10.1. The van der Waals surface area contributed by atoms with E-state index in [-0.39, 0.29) is 10.8 Å². The Hall–Kier alpha value is -3.98. The summed E-state index contributed by atoms with van der Waals surface area (Å²) in [6.07, 6.45) is 1.44. The average Bonchev–Trinajstić information content (AvgIpc) is 3.45. The van der Waals surface area contributed by atoms with Crippen molar-refractivity contribution in [2.75, 3.05) is 11.9 Å². The Morgan fingerprint density at radius 3 is 2.59 bits per heavy atom. The number of fused-ring (bicyclic) bond motifs is 1. The molecule has 0 aliphatic carbocycles. The fraction of sp³-hybridized carbons (Fsp3) is 0.160. The number of rotatable bonds is 5. The number of nitrogens with zero attached hydrogens (tertiary/aromatic N) is 3. The number of nitrogens with one attached hydrogen (secondary N) is 2. The van der Waals surface area contributed by atoms with Gasteiger partial charge in [-0.15, -0.1) is 0 Å². The molecule has 0 unspecified atom stereocenters. The van der Waals surface area contributed by atoms with E-state index >= 15 is 0 Å². The lowest BCUT2D eigenvalue weighted by molar-refractivity contribution is 0.102. The summed E-state index contributed by atoms with van der Waals surface area (Å²) in [6.45, 7) is 2.55. The van der Waals surface area contributed by atoms with Crippen LogP contribution in [-0.4, -0.2) is 36.3 Å². The van der Waals surface area contributed by atoms with Gasteiger partial charge in [-0.25, -0.2) is 13.4 Å². The van der Waals surface area contributed by atoms with Crippen LogP contribution in [-0.2, 0) is 10.0 Å². The van der Waals surface area contributed by atoms with Crippen molar-refractivity contribution >= 4 is 38.5 Å². The molecular formula is C25H23N5O3S.